The van der Waals surface area contributed by atoms with E-state index in [-0.39, 0.29) is 54.2 Å². The number of aryl methyl sites for hydroxylation is 1. The molecular weight excluding hydrogens is 573 g/mol. The number of nitrogens with zero attached hydrogens (tertiary/aromatic N) is 5. The van der Waals surface area contributed by atoms with Crippen LogP contribution < -0.4 is 10.0 Å². The highest BCUT2D eigenvalue weighted by molar-refractivity contribution is 7.98. The van der Waals surface area contributed by atoms with Gasteiger partial charge >= 0.3 is 6.18 Å². The summed E-state index contributed by atoms with van der Waals surface area (Å²) in [6.07, 6.45) is -3.42. The quantitative estimate of drug-likeness (QED) is 0.229. The Morgan fingerprint density at radius 1 is 1.22 bits per heavy atom. The van der Waals surface area contributed by atoms with Crippen LogP contribution in [0.25, 0.3) is 5.65 Å². The van der Waals surface area contributed by atoms with E-state index in [0.29, 0.717) is 16.9 Å². The zero-order valence-corrected chi connectivity index (χ0v) is 23.4. The third-order valence-corrected chi connectivity index (χ3v) is 8.35. The summed E-state index contributed by atoms with van der Waals surface area (Å²) in [7, 11) is 0. The van der Waals surface area contributed by atoms with Gasteiger partial charge in [0.25, 0.3) is 5.91 Å². The molecule has 224 valence electrons. The van der Waals surface area contributed by atoms with Crippen LogP contribution in [0.5, 0.6) is 0 Å². The summed E-state index contributed by atoms with van der Waals surface area (Å²) < 4.78 is 73.8. The number of alkyl halides is 5. The normalized spacial score (nSPS) is 17.5. The molecule has 1 saturated carbocycles. The summed E-state index contributed by atoms with van der Waals surface area (Å²) in [5, 5.41) is 14.2. The minimum Gasteiger partial charge on any atom is -0.342 e. The number of hydrogen-bond donors (Lipinski definition) is 2. The number of fused-ring (bicyclic) bond motifs is 1. The van der Waals surface area contributed by atoms with E-state index in [2.05, 4.69) is 35.1 Å². The molecule has 2 atom stereocenters. The molecule has 0 spiro atoms. The number of nitrogens with one attached hydrogen (secondary N) is 2. The molecule has 0 saturated heterocycles. The average Bonchev–Trinajstić information content (AvgIpc) is 3.51. The van der Waals surface area contributed by atoms with Crippen molar-refractivity contribution in [2.24, 2.45) is 11.8 Å². The molecule has 4 rings (SSSR count). The Kier molecular flexibility index (Phi) is 9.19. The van der Waals surface area contributed by atoms with Crippen LogP contribution in [0.4, 0.5) is 22.0 Å². The van der Waals surface area contributed by atoms with Gasteiger partial charge in [0.05, 0.1) is 35.8 Å². The highest BCUT2D eigenvalue weighted by atomic mass is 32.2. The van der Waals surface area contributed by atoms with Crippen LogP contribution in [-0.2, 0) is 4.79 Å². The molecule has 2 N–H and O–H groups in total. The number of hydrogen-bond acceptors (Lipinski definition) is 8. The lowest BCUT2D eigenvalue weighted by molar-refractivity contribution is -0.143. The van der Waals surface area contributed by atoms with Crippen LogP contribution in [0.2, 0.25) is 0 Å². The maximum atomic E-state index is 13.9. The second-order valence-corrected chi connectivity index (χ2v) is 11.5. The fourth-order valence-electron chi connectivity index (χ4n) is 4.72. The second-order valence-electron chi connectivity index (χ2n) is 10.5. The van der Waals surface area contributed by atoms with Crippen molar-refractivity contribution in [3.8, 4) is 0 Å². The maximum Gasteiger partial charge on any atom is 0.389 e. The molecule has 10 nitrogen and oxygen atoms in total. The van der Waals surface area contributed by atoms with Gasteiger partial charge in [0.1, 0.15) is 5.69 Å². The Hall–Kier alpha value is -3.30. The zero-order chi connectivity index (χ0) is 29.9. The van der Waals surface area contributed by atoms with Crippen molar-refractivity contribution >= 4 is 29.4 Å². The standard InChI is InChI=1S/C25H30F5N7O3S/c1-13(2)22(41-36-19(38)6-9-25(28,29)30)16-10-18-32-17(12-37(18)31-11-16)21(15-4-7-24(26,27)8-5-15)33-23(39)20-14(3)34-40-35-20/h10-13,15,21-22H,4-9H2,1-3H3,(H,33,39)(H,36,38)/t21-,22+/m0/s1. The van der Waals surface area contributed by atoms with E-state index >= 15 is 0 Å². The summed E-state index contributed by atoms with van der Waals surface area (Å²) in [6.45, 7) is 5.34. The summed E-state index contributed by atoms with van der Waals surface area (Å²) in [5.41, 5.74) is 1.76. The van der Waals surface area contributed by atoms with Gasteiger partial charge < -0.3 is 5.32 Å². The van der Waals surface area contributed by atoms with Crippen molar-refractivity contribution in [1.29, 1.82) is 0 Å². The van der Waals surface area contributed by atoms with Crippen molar-refractivity contribution in [2.75, 3.05) is 0 Å². The van der Waals surface area contributed by atoms with Gasteiger partial charge in [-0.1, -0.05) is 19.0 Å². The monoisotopic (exact) mass is 603 g/mol. The summed E-state index contributed by atoms with van der Waals surface area (Å²) in [4.78, 5) is 29.6. The van der Waals surface area contributed by atoms with Gasteiger partial charge in [-0.25, -0.2) is 22.9 Å². The minimum atomic E-state index is -4.42. The number of aromatic nitrogens is 5. The molecule has 3 heterocycles. The molecule has 16 heteroatoms. The van der Waals surface area contributed by atoms with Crippen molar-refractivity contribution < 1.29 is 36.2 Å². The lowest BCUT2D eigenvalue weighted by Gasteiger charge is -2.33. The van der Waals surface area contributed by atoms with E-state index in [1.807, 2.05) is 13.8 Å². The second kappa shape index (κ2) is 12.3. The van der Waals surface area contributed by atoms with Gasteiger partial charge in [-0.3, -0.25) is 14.3 Å². The molecule has 2 amide bonds. The SMILES string of the molecule is Cc1nonc1C(=O)N[C@H](c1cn2ncc([C@H](SNC(=O)CCC(F)(F)F)C(C)C)cc2n1)C1CCC(F)(F)CC1. The first kappa shape index (κ1) is 30.7. The lowest BCUT2D eigenvalue weighted by atomic mass is 9.81. The van der Waals surface area contributed by atoms with Crippen LogP contribution >= 0.6 is 11.9 Å². The van der Waals surface area contributed by atoms with Crippen LogP contribution in [0.15, 0.2) is 23.1 Å². The fraction of sp³-hybridized carbons (Fsp3) is 0.600. The average molecular weight is 604 g/mol. The molecule has 0 unspecified atom stereocenters. The van der Waals surface area contributed by atoms with Crippen molar-refractivity contribution in [1.82, 2.24) is 35.0 Å². The Labute approximate surface area is 236 Å². The molecule has 0 radical (unpaired) electrons. The number of halogens is 5. The Balaban J connectivity index is 1.56. The molecule has 1 fully saturated rings. The first-order chi connectivity index (χ1) is 19.2. The molecule has 41 heavy (non-hydrogen) atoms. The van der Waals surface area contributed by atoms with E-state index in [0.717, 1.165) is 11.9 Å². The molecule has 3 aromatic rings. The number of imidazole rings is 1. The van der Waals surface area contributed by atoms with Crippen LogP contribution in [0.3, 0.4) is 0 Å². The molecule has 0 aliphatic heterocycles. The van der Waals surface area contributed by atoms with Gasteiger partial charge in [-0.05, 0) is 60.3 Å². The largest absolute Gasteiger partial charge is 0.389 e. The number of amides is 2. The van der Waals surface area contributed by atoms with Gasteiger partial charge in [0.2, 0.25) is 11.8 Å². The first-order valence-corrected chi connectivity index (χ1v) is 13.9. The fourth-order valence-corrected chi connectivity index (χ4v) is 5.61. The number of rotatable bonds is 10. The van der Waals surface area contributed by atoms with Crippen LogP contribution in [0.1, 0.15) is 91.1 Å². The summed E-state index contributed by atoms with van der Waals surface area (Å²) in [5.74, 6) is -4.43. The zero-order valence-electron chi connectivity index (χ0n) is 22.5. The molecular formula is C25H30F5N7O3S. The molecule has 1 aliphatic rings. The third-order valence-electron chi connectivity index (χ3n) is 6.94. The minimum absolute atomic E-state index is 0.0191. The lowest BCUT2D eigenvalue weighted by Crippen LogP contribution is -2.37. The van der Waals surface area contributed by atoms with E-state index in [1.165, 1.54) is 4.52 Å². The predicted molar refractivity (Wildman–Crippen MR) is 138 cm³/mol. The smallest absolute Gasteiger partial charge is 0.342 e. The Morgan fingerprint density at radius 2 is 1.93 bits per heavy atom. The highest BCUT2D eigenvalue weighted by Gasteiger charge is 2.40. The van der Waals surface area contributed by atoms with Gasteiger partial charge in [0.15, 0.2) is 11.3 Å². The Bertz CT molecular complexity index is 1370. The Morgan fingerprint density at radius 3 is 2.54 bits per heavy atom. The molecule has 0 aromatic carbocycles. The van der Waals surface area contributed by atoms with Gasteiger partial charge in [0, 0.05) is 19.3 Å². The third kappa shape index (κ3) is 7.92. The van der Waals surface area contributed by atoms with Crippen LogP contribution in [0, 0.1) is 18.8 Å². The molecule has 1 aliphatic carbocycles. The van der Waals surface area contributed by atoms with E-state index in [1.54, 1.807) is 25.4 Å². The first-order valence-electron chi connectivity index (χ1n) is 13.1. The number of carbonyl (C=O) groups is 2. The predicted octanol–water partition coefficient (Wildman–Crippen LogP) is 5.52. The number of carbonyl (C=O) groups excluding carboxylic acids is 2. The van der Waals surface area contributed by atoms with Crippen molar-refractivity contribution in [3.63, 3.8) is 0 Å². The highest BCUT2D eigenvalue weighted by Crippen LogP contribution is 2.41. The van der Waals surface area contributed by atoms with E-state index in [9.17, 15) is 31.5 Å². The van der Waals surface area contributed by atoms with Crippen LogP contribution in [-0.4, -0.2) is 48.8 Å². The molecule has 3 aromatic heterocycles. The van der Waals surface area contributed by atoms with Gasteiger partial charge in [-0.2, -0.15) is 18.3 Å². The maximum absolute atomic E-state index is 13.9. The molecule has 0 bridgehead atoms. The van der Waals surface area contributed by atoms with E-state index < -0.39 is 42.8 Å². The topological polar surface area (TPSA) is 127 Å². The van der Waals surface area contributed by atoms with E-state index in [4.69, 9.17) is 0 Å². The summed E-state index contributed by atoms with van der Waals surface area (Å²) in [6, 6.07) is 1.01. The van der Waals surface area contributed by atoms with Crippen molar-refractivity contribution in [3.05, 3.63) is 41.1 Å². The summed E-state index contributed by atoms with van der Waals surface area (Å²) >= 11 is 1.00. The van der Waals surface area contributed by atoms with Crippen molar-refractivity contribution in [2.45, 2.75) is 82.7 Å². The van der Waals surface area contributed by atoms with Gasteiger partial charge in [-0.15, -0.1) is 0 Å².